The van der Waals surface area contributed by atoms with Gasteiger partial charge >= 0.3 is 6.18 Å². The predicted octanol–water partition coefficient (Wildman–Crippen LogP) is 4.81. The number of rotatable bonds is 3. The molecule has 3 aromatic heterocycles. The van der Waals surface area contributed by atoms with Gasteiger partial charge in [-0.1, -0.05) is 24.3 Å². The Kier molecular flexibility index (Phi) is 4.48. The molecule has 34 heavy (non-hydrogen) atoms. The zero-order chi connectivity index (χ0) is 23.4. The van der Waals surface area contributed by atoms with Crippen molar-refractivity contribution in [3.05, 3.63) is 66.6 Å². The topological polar surface area (TPSA) is 82.2 Å². The van der Waals surface area contributed by atoms with Gasteiger partial charge in [-0.05, 0) is 29.8 Å². The number of nitrogens with zero attached hydrogens (tertiary/aromatic N) is 6. The molecule has 1 aliphatic heterocycles. The number of nitrogens with one attached hydrogen (secondary N) is 1. The molecule has 0 unspecified atom stereocenters. The summed E-state index contributed by atoms with van der Waals surface area (Å²) in [5.41, 5.74) is 2.42. The summed E-state index contributed by atoms with van der Waals surface area (Å²) in [7, 11) is 1.54. The molecule has 172 valence electrons. The fraction of sp³-hybridized carbons (Fsp3) is 0.217. The molecule has 2 atom stereocenters. The molecule has 11 heteroatoms. The smallest absolute Gasteiger partial charge is 0.410 e. The SMILES string of the molecule is COc1ccc([C@@H]2C[C@@H](C(F)(F)F)n3ncc(-c4nc5c6ccccc6ncn5n4)c3N2)cc1. The Labute approximate surface area is 191 Å². The van der Waals surface area contributed by atoms with E-state index in [1.807, 2.05) is 24.3 Å². The Morgan fingerprint density at radius 3 is 2.65 bits per heavy atom. The number of benzene rings is 2. The maximum Gasteiger partial charge on any atom is 0.410 e. The van der Waals surface area contributed by atoms with Crippen molar-refractivity contribution in [2.75, 3.05) is 12.4 Å². The highest BCUT2D eigenvalue weighted by Crippen LogP contribution is 2.46. The summed E-state index contributed by atoms with van der Waals surface area (Å²) in [5, 5.41) is 12.6. The van der Waals surface area contributed by atoms with Crippen LogP contribution in [0, 0.1) is 0 Å². The summed E-state index contributed by atoms with van der Waals surface area (Å²) in [6.07, 6.45) is -1.76. The summed E-state index contributed by atoms with van der Waals surface area (Å²) >= 11 is 0. The Morgan fingerprint density at radius 1 is 1.09 bits per heavy atom. The van der Waals surface area contributed by atoms with Crippen molar-refractivity contribution in [3.8, 4) is 17.1 Å². The van der Waals surface area contributed by atoms with E-state index < -0.39 is 18.3 Å². The Hall–Kier alpha value is -4.15. The Balaban J connectivity index is 1.47. The van der Waals surface area contributed by atoms with Crippen molar-refractivity contribution < 1.29 is 17.9 Å². The number of fused-ring (bicyclic) bond motifs is 4. The molecule has 2 aromatic carbocycles. The molecule has 6 rings (SSSR count). The van der Waals surface area contributed by atoms with Gasteiger partial charge in [-0.3, -0.25) is 0 Å². The largest absolute Gasteiger partial charge is 0.497 e. The number of aromatic nitrogens is 6. The highest BCUT2D eigenvalue weighted by Gasteiger charge is 2.47. The lowest BCUT2D eigenvalue weighted by atomic mass is 9.96. The van der Waals surface area contributed by atoms with Gasteiger partial charge in [0.2, 0.25) is 0 Å². The second-order valence-corrected chi connectivity index (χ2v) is 8.08. The van der Waals surface area contributed by atoms with E-state index in [4.69, 9.17) is 4.74 Å². The van der Waals surface area contributed by atoms with E-state index in [1.54, 1.807) is 31.4 Å². The van der Waals surface area contributed by atoms with Gasteiger partial charge in [0, 0.05) is 11.8 Å². The van der Waals surface area contributed by atoms with Gasteiger partial charge in [0.1, 0.15) is 17.9 Å². The summed E-state index contributed by atoms with van der Waals surface area (Å²) in [6.45, 7) is 0. The zero-order valence-corrected chi connectivity index (χ0v) is 17.9. The number of methoxy groups -OCH3 is 1. The standard InChI is InChI=1S/C23H18F3N7O/c1-34-14-8-6-13(7-9-14)18-10-19(23(24,25)26)33-22(29-18)16(11-28-33)20-30-21-15-4-2-3-5-17(15)27-12-32(21)31-20/h2-9,11-12,18-19,29H,10H2,1H3/t18-,19-/m0/s1. The minimum absolute atomic E-state index is 0.197. The molecule has 0 fully saturated rings. The monoisotopic (exact) mass is 465 g/mol. The number of halogens is 3. The van der Waals surface area contributed by atoms with Gasteiger partial charge < -0.3 is 10.1 Å². The molecule has 8 nitrogen and oxygen atoms in total. The molecule has 0 bridgehead atoms. The second-order valence-electron chi connectivity index (χ2n) is 8.08. The van der Waals surface area contributed by atoms with Crippen LogP contribution in [0.2, 0.25) is 0 Å². The molecule has 1 aliphatic rings. The van der Waals surface area contributed by atoms with Crippen LogP contribution in [0.15, 0.2) is 61.1 Å². The van der Waals surface area contributed by atoms with Crippen LogP contribution in [0.5, 0.6) is 5.75 Å². The van der Waals surface area contributed by atoms with E-state index in [9.17, 15) is 13.2 Å². The number of hydrogen-bond donors (Lipinski definition) is 1. The van der Waals surface area contributed by atoms with Crippen molar-refractivity contribution >= 4 is 22.4 Å². The van der Waals surface area contributed by atoms with Gasteiger partial charge in [0.15, 0.2) is 17.5 Å². The molecule has 0 radical (unpaired) electrons. The number of alkyl halides is 3. The molecule has 1 N–H and O–H groups in total. The van der Waals surface area contributed by atoms with E-state index in [0.29, 0.717) is 22.5 Å². The number of ether oxygens (including phenoxy) is 1. The summed E-state index contributed by atoms with van der Waals surface area (Å²) in [4.78, 5) is 8.99. The third-order valence-electron chi connectivity index (χ3n) is 6.08. The van der Waals surface area contributed by atoms with Crippen molar-refractivity contribution in [1.29, 1.82) is 0 Å². The minimum Gasteiger partial charge on any atom is -0.497 e. The van der Waals surface area contributed by atoms with Crippen molar-refractivity contribution in [2.24, 2.45) is 0 Å². The maximum atomic E-state index is 14.0. The quantitative estimate of drug-likeness (QED) is 0.412. The first-order valence-electron chi connectivity index (χ1n) is 10.6. The summed E-state index contributed by atoms with van der Waals surface area (Å²) < 4.78 is 49.8. The molecular formula is C23H18F3N7O. The van der Waals surface area contributed by atoms with E-state index in [2.05, 4.69) is 25.5 Å². The van der Waals surface area contributed by atoms with Gasteiger partial charge in [0.05, 0.1) is 30.4 Å². The summed E-state index contributed by atoms with van der Waals surface area (Å²) in [5.74, 6) is 1.12. The Morgan fingerprint density at radius 2 is 1.88 bits per heavy atom. The van der Waals surface area contributed by atoms with E-state index >= 15 is 0 Å². The van der Waals surface area contributed by atoms with Crippen LogP contribution in [0.1, 0.15) is 24.1 Å². The predicted molar refractivity (Wildman–Crippen MR) is 119 cm³/mol. The van der Waals surface area contributed by atoms with Crippen LogP contribution in [0.25, 0.3) is 27.9 Å². The molecule has 0 amide bonds. The van der Waals surface area contributed by atoms with E-state index in [0.717, 1.165) is 15.6 Å². The normalized spacial score (nSPS) is 18.1. The molecule has 4 heterocycles. The number of anilines is 1. The maximum absolute atomic E-state index is 14.0. The highest BCUT2D eigenvalue weighted by molar-refractivity contribution is 5.91. The summed E-state index contributed by atoms with van der Waals surface area (Å²) in [6, 6.07) is 12.1. The second kappa shape index (κ2) is 7.44. The Bertz CT molecular complexity index is 1510. The number of para-hydroxylation sites is 1. The first kappa shape index (κ1) is 20.5. The molecule has 0 spiro atoms. The average Bonchev–Trinajstić information content (AvgIpc) is 3.47. The van der Waals surface area contributed by atoms with Crippen LogP contribution >= 0.6 is 0 Å². The lowest BCUT2D eigenvalue weighted by Gasteiger charge is -2.34. The molecular weight excluding hydrogens is 447 g/mol. The van der Waals surface area contributed by atoms with Crippen molar-refractivity contribution in [2.45, 2.75) is 24.7 Å². The van der Waals surface area contributed by atoms with Crippen molar-refractivity contribution in [3.63, 3.8) is 0 Å². The van der Waals surface area contributed by atoms with Crippen LogP contribution in [-0.4, -0.2) is 42.6 Å². The van der Waals surface area contributed by atoms with Crippen LogP contribution in [0.4, 0.5) is 19.0 Å². The van der Waals surface area contributed by atoms with Crippen LogP contribution < -0.4 is 10.1 Å². The lowest BCUT2D eigenvalue weighted by molar-refractivity contribution is -0.173. The fourth-order valence-electron chi connectivity index (χ4n) is 4.37. The average molecular weight is 465 g/mol. The molecule has 5 aromatic rings. The number of hydrogen-bond acceptors (Lipinski definition) is 6. The van der Waals surface area contributed by atoms with Gasteiger partial charge in [-0.2, -0.15) is 18.3 Å². The first-order chi connectivity index (χ1) is 16.4. The van der Waals surface area contributed by atoms with Gasteiger partial charge in [0.25, 0.3) is 0 Å². The lowest BCUT2D eigenvalue weighted by Crippen LogP contribution is -2.35. The zero-order valence-electron chi connectivity index (χ0n) is 17.9. The van der Waals surface area contributed by atoms with Gasteiger partial charge in [-0.25, -0.2) is 19.2 Å². The minimum atomic E-state index is -4.47. The van der Waals surface area contributed by atoms with Crippen LogP contribution in [0.3, 0.4) is 0 Å². The van der Waals surface area contributed by atoms with E-state index in [-0.39, 0.29) is 18.1 Å². The molecule has 0 saturated heterocycles. The van der Waals surface area contributed by atoms with Crippen LogP contribution in [-0.2, 0) is 0 Å². The van der Waals surface area contributed by atoms with Crippen molar-refractivity contribution in [1.82, 2.24) is 29.4 Å². The third kappa shape index (κ3) is 3.23. The highest BCUT2D eigenvalue weighted by atomic mass is 19.4. The fourth-order valence-corrected chi connectivity index (χ4v) is 4.37. The third-order valence-corrected chi connectivity index (χ3v) is 6.08. The molecule has 0 aliphatic carbocycles. The molecule has 0 saturated carbocycles. The first-order valence-corrected chi connectivity index (χ1v) is 10.6. The van der Waals surface area contributed by atoms with E-state index in [1.165, 1.54) is 17.0 Å². The van der Waals surface area contributed by atoms with Gasteiger partial charge in [-0.15, -0.1) is 5.10 Å².